The largest absolute Gasteiger partial charge is 0.337 e. The number of hydrogen-bond acceptors (Lipinski definition) is 7. The third-order valence-corrected chi connectivity index (χ3v) is 4.65. The second-order valence-electron chi connectivity index (χ2n) is 6.32. The Morgan fingerprint density at radius 2 is 2.08 bits per heavy atom. The van der Waals surface area contributed by atoms with Crippen LogP contribution in [0.3, 0.4) is 0 Å². The van der Waals surface area contributed by atoms with E-state index in [0.29, 0.717) is 5.82 Å². The van der Waals surface area contributed by atoms with E-state index in [-0.39, 0.29) is 6.04 Å². The first-order chi connectivity index (χ1) is 12.3. The van der Waals surface area contributed by atoms with Crippen LogP contribution in [0.25, 0.3) is 11.4 Å². The monoisotopic (exact) mass is 339 g/mol. The molecule has 0 aliphatic carbocycles. The molecular weight excluding hydrogens is 318 g/mol. The van der Waals surface area contributed by atoms with Crippen molar-refractivity contribution >= 4 is 0 Å². The van der Waals surface area contributed by atoms with Gasteiger partial charge in [-0.15, -0.1) is 5.10 Å². The van der Waals surface area contributed by atoms with Gasteiger partial charge >= 0.3 is 0 Å². The molecule has 0 spiro atoms. The Bertz CT molecular complexity index is 813. The van der Waals surface area contributed by atoms with E-state index in [4.69, 9.17) is 4.52 Å². The van der Waals surface area contributed by atoms with Gasteiger partial charge in [-0.2, -0.15) is 4.98 Å². The summed E-state index contributed by atoms with van der Waals surface area (Å²) in [6.07, 6.45) is 3.19. The van der Waals surface area contributed by atoms with E-state index in [1.807, 2.05) is 41.9 Å². The summed E-state index contributed by atoms with van der Waals surface area (Å²) in [7, 11) is 0. The average Bonchev–Trinajstić information content (AvgIpc) is 3.37. The van der Waals surface area contributed by atoms with Crippen LogP contribution in [0.4, 0.5) is 0 Å². The number of aryl methyl sites for hydroxylation is 2. The predicted molar refractivity (Wildman–Crippen MR) is 90.5 cm³/mol. The van der Waals surface area contributed by atoms with Gasteiger partial charge in [0, 0.05) is 18.7 Å². The number of nitrogens with zero attached hydrogens (tertiary/aromatic N) is 7. The van der Waals surface area contributed by atoms with E-state index in [2.05, 4.69) is 30.6 Å². The summed E-state index contributed by atoms with van der Waals surface area (Å²) >= 11 is 0. The van der Waals surface area contributed by atoms with Crippen LogP contribution < -0.4 is 0 Å². The second kappa shape index (κ2) is 7.10. The van der Waals surface area contributed by atoms with Crippen LogP contribution in [0, 0.1) is 6.92 Å². The molecule has 0 radical (unpaired) electrons. The van der Waals surface area contributed by atoms with Crippen LogP contribution in [-0.4, -0.2) is 48.3 Å². The summed E-state index contributed by atoms with van der Waals surface area (Å²) in [4.78, 5) is 7.05. The van der Waals surface area contributed by atoms with Crippen molar-refractivity contribution in [3.05, 3.63) is 42.0 Å². The highest BCUT2D eigenvalue weighted by Crippen LogP contribution is 2.32. The molecule has 0 amide bonds. The molecule has 1 fully saturated rings. The van der Waals surface area contributed by atoms with Gasteiger partial charge in [0.1, 0.15) is 5.82 Å². The fourth-order valence-corrected chi connectivity index (χ4v) is 3.33. The van der Waals surface area contributed by atoms with Gasteiger partial charge in [-0.05, 0) is 43.2 Å². The van der Waals surface area contributed by atoms with Crippen molar-refractivity contribution in [3.63, 3.8) is 0 Å². The predicted octanol–water partition coefficient (Wildman–Crippen LogP) is 2.26. The summed E-state index contributed by atoms with van der Waals surface area (Å²) in [5.74, 6) is 2.23. The fourth-order valence-electron chi connectivity index (χ4n) is 3.33. The van der Waals surface area contributed by atoms with Gasteiger partial charge in [0.2, 0.25) is 11.7 Å². The molecular formula is C17H21N7O. The lowest BCUT2D eigenvalue weighted by atomic mass is 10.2. The van der Waals surface area contributed by atoms with E-state index < -0.39 is 0 Å². The minimum atomic E-state index is 0.208. The Morgan fingerprint density at radius 3 is 2.88 bits per heavy atom. The molecule has 8 heteroatoms. The Kier molecular flexibility index (Phi) is 4.51. The molecule has 3 heterocycles. The lowest BCUT2D eigenvalue weighted by Crippen LogP contribution is -2.25. The zero-order valence-corrected chi connectivity index (χ0v) is 14.2. The van der Waals surface area contributed by atoms with Crippen molar-refractivity contribution in [3.8, 4) is 11.4 Å². The molecule has 1 aliphatic heterocycles. The number of tetrazole rings is 1. The maximum Gasteiger partial charge on any atom is 0.244 e. The van der Waals surface area contributed by atoms with Crippen molar-refractivity contribution in [2.45, 2.75) is 38.8 Å². The molecule has 0 bridgehead atoms. The molecule has 0 N–H and O–H groups in total. The van der Waals surface area contributed by atoms with Crippen LogP contribution in [-0.2, 0) is 6.54 Å². The molecule has 1 aromatic carbocycles. The zero-order valence-electron chi connectivity index (χ0n) is 14.2. The van der Waals surface area contributed by atoms with Gasteiger partial charge in [0.25, 0.3) is 0 Å². The van der Waals surface area contributed by atoms with Gasteiger partial charge in [0.15, 0.2) is 0 Å². The Morgan fingerprint density at radius 1 is 1.20 bits per heavy atom. The Labute approximate surface area is 145 Å². The standard InChI is InChI=1S/C17H21N7O/c1-13-19-21-22-24(13)12-6-11-23-10-5-9-15(23)17-18-16(20-25-17)14-7-3-2-4-8-14/h2-4,7-8,15H,5-6,9-12H2,1H3. The minimum absolute atomic E-state index is 0.208. The van der Waals surface area contributed by atoms with Gasteiger partial charge in [-0.1, -0.05) is 35.5 Å². The highest BCUT2D eigenvalue weighted by molar-refractivity contribution is 5.53. The summed E-state index contributed by atoms with van der Waals surface area (Å²) < 4.78 is 7.40. The molecule has 1 atom stereocenters. The minimum Gasteiger partial charge on any atom is -0.337 e. The third kappa shape index (κ3) is 3.43. The first-order valence-corrected chi connectivity index (χ1v) is 8.67. The maximum atomic E-state index is 5.56. The number of rotatable bonds is 6. The molecule has 1 aliphatic rings. The van der Waals surface area contributed by atoms with Crippen LogP contribution in [0.5, 0.6) is 0 Å². The van der Waals surface area contributed by atoms with Crippen molar-refractivity contribution in [1.29, 1.82) is 0 Å². The molecule has 1 saturated heterocycles. The lowest BCUT2D eigenvalue weighted by molar-refractivity contribution is 0.202. The van der Waals surface area contributed by atoms with Crippen molar-refractivity contribution in [2.75, 3.05) is 13.1 Å². The number of benzene rings is 1. The van der Waals surface area contributed by atoms with E-state index in [9.17, 15) is 0 Å². The average molecular weight is 339 g/mol. The maximum absolute atomic E-state index is 5.56. The topological polar surface area (TPSA) is 85.8 Å². The van der Waals surface area contributed by atoms with Gasteiger partial charge in [-0.3, -0.25) is 4.90 Å². The van der Waals surface area contributed by atoms with Crippen LogP contribution >= 0.6 is 0 Å². The quantitative estimate of drug-likeness (QED) is 0.681. The molecule has 8 nitrogen and oxygen atoms in total. The molecule has 3 aromatic rings. The molecule has 25 heavy (non-hydrogen) atoms. The van der Waals surface area contributed by atoms with Gasteiger partial charge in [0.05, 0.1) is 6.04 Å². The van der Waals surface area contributed by atoms with Crippen LogP contribution in [0.15, 0.2) is 34.9 Å². The normalized spacial score (nSPS) is 18.0. The smallest absolute Gasteiger partial charge is 0.244 e. The molecule has 4 rings (SSSR count). The first kappa shape index (κ1) is 15.9. The summed E-state index contributed by atoms with van der Waals surface area (Å²) in [5, 5.41) is 15.7. The summed E-state index contributed by atoms with van der Waals surface area (Å²) in [6, 6.07) is 10.1. The number of likely N-dealkylation sites (tertiary alicyclic amines) is 1. The zero-order chi connectivity index (χ0) is 17.1. The SMILES string of the molecule is Cc1nnnn1CCCN1CCCC1c1nc(-c2ccccc2)no1. The summed E-state index contributed by atoms with van der Waals surface area (Å²) in [5.41, 5.74) is 0.983. The van der Waals surface area contributed by atoms with Gasteiger partial charge < -0.3 is 4.52 Å². The van der Waals surface area contributed by atoms with E-state index >= 15 is 0 Å². The van der Waals surface area contributed by atoms with Crippen molar-refractivity contribution in [2.24, 2.45) is 0 Å². The summed E-state index contributed by atoms with van der Waals surface area (Å²) in [6.45, 7) is 4.76. The Balaban J connectivity index is 1.40. The van der Waals surface area contributed by atoms with Crippen molar-refractivity contribution in [1.82, 2.24) is 35.2 Å². The van der Waals surface area contributed by atoms with Crippen LogP contribution in [0.2, 0.25) is 0 Å². The van der Waals surface area contributed by atoms with E-state index in [1.165, 1.54) is 0 Å². The molecule has 2 aromatic heterocycles. The molecule has 130 valence electrons. The van der Waals surface area contributed by atoms with E-state index in [1.54, 1.807) is 0 Å². The van der Waals surface area contributed by atoms with E-state index in [0.717, 1.165) is 56.2 Å². The highest BCUT2D eigenvalue weighted by Gasteiger charge is 2.30. The Hall–Kier alpha value is -2.61. The number of hydrogen-bond donors (Lipinski definition) is 0. The first-order valence-electron chi connectivity index (χ1n) is 8.67. The second-order valence-corrected chi connectivity index (χ2v) is 6.32. The molecule has 0 saturated carbocycles. The van der Waals surface area contributed by atoms with Crippen molar-refractivity contribution < 1.29 is 4.52 Å². The third-order valence-electron chi connectivity index (χ3n) is 4.65. The fraction of sp³-hybridized carbons (Fsp3) is 0.471. The highest BCUT2D eigenvalue weighted by atomic mass is 16.5. The van der Waals surface area contributed by atoms with Gasteiger partial charge in [-0.25, -0.2) is 4.68 Å². The van der Waals surface area contributed by atoms with Crippen LogP contribution in [0.1, 0.15) is 37.0 Å². The molecule has 1 unspecified atom stereocenters. The lowest BCUT2D eigenvalue weighted by Gasteiger charge is -2.21. The number of aromatic nitrogens is 6.